The Hall–Kier alpha value is -2.05. The first-order valence-electron chi connectivity index (χ1n) is 8.44. The van der Waals surface area contributed by atoms with Crippen molar-refractivity contribution in [3.8, 4) is 0 Å². The van der Waals surface area contributed by atoms with Gasteiger partial charge in [-0.25, -0.2) is 18.1 Å². The quantitative estimate of drug-likeness (QED) is 0.671. The van der Waals surface area contributed by atoms with Crippen LogP contribution < -0.4 is 9.62 Å². The van der Waals surface area contributed by atoms with Gasteiger partial charge in [0.2, 0.25) is 10.0 Å². The molecule has 0 amide bonds. The molecule has 13 heteroatoms. The first kappa shape index (κ1) is 22.6. The number of benzene rings is 1. The van der Waals surface area contributed by atoms with E-state index in [9.17, 15) is 34.8 Å². The van der Waals surface area contributed by atoms with Crippen LogP contribution in [0.1, 0.15) is 17.5 Å². The maximum absolute atomic E-state index is 13.0. The lowest BCUT2D eigenvalue weighted by molar-refractivity contribution is -0.138. The molecule has 1 N–H and O–H groups in total. The zero-order chi connectivity index (χ0) is 22.3. The van der Waals surface area contributed by atoms with E-state index in [0.717, 1.165) is 18.2 Å². The van der Waals surface area contributed by atoms with Gasteiger partial charge in [-0.2, -0.15) is 26.3 Å². The number of hydrogen-bond donors (Lipinski definition) is 1. The molecule has 164 valence electrons. The Labute approximate surface area is 172 Å². The van der Waals surface area contributed by atoms with Crippen molar-refractivity contribution < 1.29 is 34.8 Å². The van der Waals surface area contributed by atoms with Crippen LogP contribution >= 0.6 is 11.6 Å². The number of pyridine rings is 1. The minimum Gasteiger partial charge on any atom is -0.355 e. The van der Waals surface area contributed by atoms with E-state index >= 15 is 0 Å². The summed E-state index contributed by atoms with van der Waals surface area (Å²) in [5.41, 5.74) is -2.18. The molecule has 1 unspecified atom stereocenters. The van der Waals surface area contributed by atoms with Gasteiger partial charge in [-0.1, -0.05) is 11.6 Å². The molecule has 0 spiro atoms. The summed E-state index contributed by atoms with van der Waals surface area (Å²) in [7, 11) is -4.28. The average Bonchev–Trinajstić information content (AvgIpc) is 3.08. The molecular weight excluding hydrogens is 460 g/mol. The Kier molecular flexibility index (Phi) is 5.95. The Bertz CT molecular complexity index is 1030. The highest BCUT2D eigenvalue weighted by atomic mass is 35.5. The molecule has 0 bridgehead atoms. The fourth-order valence-electron chi connectivity index (χ4n) is 2.98. The number of aromatic nitrogens is 1. The van der Waals surface area contributed by atoms with E-state index in [0.29, 0.717) is 25.2 Å². The van der Waals surface area contributed by atoms with Crippen molar-refractivity contribution in [3.05, 3.63) is 52.7 Å². The number of anilines is 1. The smallest absolute Gasteiger partial charge is 0.355 e. The molecule has 0 radical (unpaired) electrons. The van der Waals surface area contributed by atoms with Gasteiger partial charge < -0.3 is 4.90 Å². The number of rotatable bonds is 4. The molecule has 2 heterocycles. The average molecular weight is 474 g/mol. The number of sulfonamides is 1. The molecule has 1 aromatic heterocycles. The van der Waals surface area contributed by atoms with Crippen molar-refractivity contribution in [2.45, 2.75) is 29.7 Å². The number of nitrogens with one attached hydrogen (secondary N) is 1. The van der Waals surface area contributed by atoms with E-state index < -0.39 is 49.5 Å². The molecule has 2 aromatic rings. The third kappa shape index (κ3) is 4.98. The van der Waals surface area contributed by atoms with E-state index in [1.54, 1.807) is 4.90 Å². The topological polar surface area (TPSA) is 62.3 Å². The minimum atomic E-state index is -4.82. The minimum absolute atomic E-state index is 0.0946. The molecule has 0 aliphatic carbocycles. The molecule has 1 saturated heterocycles. The second-order valence-electron chi connectivity index (χ2n) is 6.60. The number of alkyl halides is 6. The highest BCUT2D eigenvalue weighted by Crippen LogP contribution is 2.36. The predicted octanol–water partition coefficient (Wildman–Crippen LogP) is 4.33. The predicted molar refractivity (Wildman–Crippen MR) is 96.6 cm³/mol. The van der Waals surface area contributed by atoms with Crippen molar-refractivity contribution >= 4 is 27.4 Å². The Morgan fingerprint density at radius 2 is 1.77 bits per heavy atom. The van der Waals surface area contributed by atoms with Crippen molar-refractivity contribution in [1.82, 2.24) is 9.71 Å². The lowest BCUT2D eigenvalue weighted by atomic mass is 10.2. The summed E-state index contributed by atoms with van der Waals surface area (Å²) in [6.07, 6.45) is -8.37. The third-order valence-corrected chi connectivity index (χ3v) is 6.31. The van der Waals surface area contributed by atoms with Gasteiger partial charge >= 0.3 is 12.4 Å². The van der Waals surface area contributed by atoms with Crippen LogP contribution in [0, 0.1) is 0 Å². The van der Waals surface area contributed by atoms with Gasteiger partial charge in [-0.15, -0.1) is 0 Å². The second-order valence-corrected chi connectivity index (χ2v) is 8.72. The summed E-state index contributed by atoms with van der Waals surface area (Å²) in [6.45, 7) is 0.400. The molecule has 1 fully saturated rings. The summed E-state index contributed by atoms with van der Waals surface area (Å²) >= 11 is 5.51. The summed E-state index contributed by atoms with van der Waals surface area (Å²) in [5, 5.41) is -0.623. The summed E-state index contributed by atoms with van der Waals surface area (Å²) in [6, 6.07) is 3.65. The van der Waals surface area contributed by atoms with E-state index in [1.807, 2.05) is 0 Å². The van der Waals surface area contributed by atoms with Gasteiger partial charge in [0.15, 0.2) is 0 Å². The largest absolute Gasteiger partial charge is 0.417 e. The second kappa shape index (κ2) is 7.89. The Balaban J connectivity index is 1.72. The van der Waals surface area contributed by atoms with Gasteiger partial charge in [0.1, 0.15) is 5.82 Å². The zero-order valence-electron chi connectivity index (χ0n) is 14.9. The fraction of sp³-hybridized carbons (Fsp3) is 0.353. The van der Waals surface area contributed by atoms with Crippen LogP contribution in [-0.4, -0.2) is 32.5 Å². The first-order chi connectivity index (χ1) is 13.8. The number of halogens is 7. The zero-order valence-corrected chi connectivity index (χ0v) is 16.5. The van der Waals surface area contributed by atoms with Gasteiger partial charge in [0.05, 0.1) is 21.0 Å². The van der Waals surface area contributed by atoms with Crippen LogP contribution in [-0.2, 0) is 22.4 Å². The van der Waals surface area contributed by atoms with Crippen LogP contribution in [0.2, 0.25) is 5.02 Å². The standard InChI is InChI=1S/C17H14ClF6N3O2S/c18-14-3-2-12(7-13(14)17(22,23)24)30(28,29)26-11-5-6-27(9-11)15-4-1-10(8-25-15)16(19,20)21/h1-4,7-8,11,26H,5-6,9H2. The molecule has 1 aliphatic rings. The Morgan fingerprint density at radius 3 is 2.33 bits per heavy atom. The molecule has 1 aliphatic heterocycles. The highest BCUT2D eigenvalue weighted by molar-refractivity contribution is 7.89. The lowest BCUT2D eigenvalue weighted by Gasteiger charge is -2.19. The van der Waals surface area contributed by atoms with E-state index in [-0.39, 0.29) is 12.4 Å². The van der Waals surface area contributed by atoms with Gasteiger partial charge in [0.25, 0.3) is 0 Å². The summed E-state index contributed by atoms with van der Waals surface area (Å²) in [4.78, 5) is 4.74. The van der Waals surface area contributed by atoms with Gasteiger partial charge in [-0.3, -0.25) is 0 Å². The maximum atomic E-state index is 13.0. The van der Waals surface area contributed by atoms with Crippen LogP contribution in [0.3, 0.4) is 0 Å². The van der Waals surface area contributed by atoms with Crippen LogP contribution in [0.25, 0.3) is 0 Å². The van der Waals surface area contributed by atoms with E-state index in [2.05, 4.69) is 9.71 Å². The molecule has 30 heavy (non-hydrogen) atoms. The molecule has 3 rings (SSSR count). The van der Waals surface area contributed by atoms with Crippen LogP contribution in [0.5, 0.6) is 0 Å². The number of hydrogen-bond acceptors (Lipinski definition) is 4. The van der Waals surface area contributed by atoms with Crippen LogP contribution in [0.15, 0.2) is 41.4 Å². The maximum Gasteiger partial charge on any atom is 0.417 e. The Morgan fingerprint density at radius 1 is 1.07 bits per heavy atom. The summed E-state index contributed by atoms with van der Waals surface area (Å²) < 4.78 is 104. The molecule has 1 aromatic carbocycles. The van der Waals surface area contributed by atoms with Gasteiger partial charge in [-0.05, 0) is 36.8 Å². The molecule has 1 atom stereocenters. The lowest BCUT2D eigenvalue weighted by Crippen LogP contribution is -2.37. The first-order valence-corrected chi connectivity index (χ1v) is 10.3. The SMILES string of the molecule is O=S(=O)(NC1CCN(c2ccc(C(F)(F)F)cn2)C1)c1ccc(Cl)c(C(F)(F)F)c1. The van der Waals surface area contributed by atoms with Crippen molar-refractivity contribution in [3.63, 3.8) is 0 Å². The monoisotopic (exact) mass is 473 g/mol. The molecule has 0 saturated carbocycles. The van der Waals surface area contributed by atoms with E-state index in [1.165, 1.54) is 6.07 Å². The van der Waals surface area contributed by atoms with E-state index in [4.69, 9.17) is 11.6 Å². The normalized spacial score (nSPS) is 18.1. The number of nitrogens with zero attached hydrogens (tertiary/aromatic N) is 2. The third-order valence-electron chi connectivity index (χ3n) is 4.46. The van der Waals surface area contributed by atoms with Crippen LogP contribution in [0.4, 0.5) is 32.2 Å². The fourth-order valence-corrected chi connectivity index (χ4v) is 4.49. The van der Waals surface area contributed by atoms with Crippen molar-refractivity contribution in [1.29, 1.82) is 0 Å². The summed E-state index contributed by atoms with van der Waals surface area (Å²) in [5.74, 6) is 0.232. The van der Waals surface area contributed by atoms with Crippen molar-refractivity contribution in [2.24, 2.45) is 0 Å². The van der Waals surface area contributed by atoms with Crippen molar-refractivity contribution in [2.75, 3.05) is 18.0 Å². The molecular formula is C17H14ClF6N3O2S. The molecule has 5 nitrogen and oxygen atoms in total. The highest BCUT2D eigenvalue weighted by Gasteiger charge is 2.36. The van der Waals surface area contributed by atoms with Gasteiger partial charge in [0, 0.05) is 25.3 Å².